The number of ether oxygens (including phenoxy) is 1. The van der Waals surface area contributed by atoms with Crippen molar-refractivity contribution in [1.82, 2.24) is 15.3 Å². The number of amides is 1. The van der Waals surface area contributed by atoms with Crippen molar-refractivity contribution in [2.45, 2.75) is 13.2 Å². The number of aromatic nitrogens is 2. The van der Waals surface area contributed by atoms with Gasteiger partial charge < -0.3 is 26.8 Å². The zero-order valence-corrected chi connectivity index (χ0v) is 21.6. The molecule has 0 unspecified atom stereocenters. The molecule has 3 rings (SSSR count). The van der Waals surface area contributed by atoms with E-state index in [-0.39, 0.29) is 28.4 Å². The molecule has 0 aliphatic carbocycles. The molecule has 9 nitrogen and oxygen atoms in total. The summed E-state index contributed by atoms with van der Waals surface area (Å²) in [5.74, 6) is -0.703. The van der Waals surface area contributed by atoms with Gasteiger partial charge in [0.15, 0.2) is 28.4 Å². The van der Waals surface area contributed by atoms with Crippen LogP contribution in [0.15, 0.2) is 53.5 Å². The highest BCUT2D eigenvalue weighted by atomic mass is 127. The fourth-order valence-corrected chi connectivity index (χ4v) is 3.39. The van der Waals surface area contributed by atoms with Gasteiger partial charge in [-0.15, -0.1) is 0 Å². The van der Waals surface area contributed by atoms with Crippen LogP contribution >= 0.6 is 45.8 Å². The van der Waals surface area contributed by atoms with Gasteiger partial charge in [0, 0.05) is 21.7 Å². The predicted octanol–water partition coefficient (Wildman–Crippen LogP) is 3.84. The summed E-state index contributed by atoms with van der Waals surface area (Å²) < 4.78 is 6.67. The van der Waals surface area contributed by atoms with Gasteiger partial charge in [0.25, 0.3) is 0 Å². The summed E-state index contributed by atoms with van der Waals surface area (Å²) in [4.78, 5) is 24.4. The average molecular weight is 614 g/mol. The fraction of sp³-hybridized carbons (Fsp3) is 0.182. The molecule has 34 heavy (non-hydrogen) atoms. The summed E-state index contributed by atoms with van der Waals surface area (Å²) in [6, 6.07) is 15.3. The van der Waals surface area contributed by atoms with E-state index < -0.39 is 5.91 Å². The molecule has 0 saturated carbocycles. The summed E-state index contributed by atoms with van der Waals surface area (Å²) >= 11 is 14.3. The minimum Gasteiger partial charge on any atom is -0.382 e. The Labute approximate surface area is 220 Å². The number of hydrogen-bond acceptors (Lipinski definition) is 6. The Morgan fingerprint density at radius 2 is 1.74 bits per heavy atom. The number of hydrogen-bond donors (Lipinski definition) is 4. The van der Waals surface area contributed by atoms with Crippen molar-refractivity contribution in [1.29, 1.82) is 0 Å². The molecular weight excluding hydrogens is 592 g/mol. The van der Waals surface area contributed by atoms with Gasteiger partial charge in [-0.25, -0.2) is 9.97 Å². The standard InChI is InChI=1S/C22H22Cl2IN7O2/c23-15-5-1-14(2-6-15)12-34-10-9-28-22(27)32-21(33)17-19(26)31-20(18(24)30-17)29-11-13-3-7-16(25)8-4-13/h1-8H,9-12H2,(H3,26,29,31)(H3,27,28,32,33). The van der Waals surface area contributed by atoms with Crippen LogP contribution in [-0.2, 0) is 17.9 Å². The van der Waals surface area contributed by atoms with Crippen molar-refractivity contribution in [3.8, 4) is 0 Å². The molecule has 6 N–H and O–H groups in total. The second kappa shape index (κ2) is 12.7. The average Bonchev–Trinajstić information content (AvgIpc) is 2.81. The van der Waals surface area contributed by atoms with Crippen LogP contribution in [0, 0.1) is 3.57 Å². The van der Waals surface area contributed by atoms with E-state index in [0.29, 0.717) is 31.3 Å². The van der Waals surface area contributed by atoms with Crippen LogP contribution in [0.1, 0.15) is 21.6 Å². The second-order valence-electron chi connectivity index (χ2n) is 6.98. The SMILES string of the molecule is N/C(=N\C(=O)c1nc(Cl)c(NCc2ccc(I)cc2)nc1N)NCCOCc1ccc(Cl)cc1. The molecule has 178 valence electrons. The Morgan fingerprint density at radius 3 is 2.44 bits per heavy atom. The molecule has 12 heteroatoms. The van der Waals surface area contributed by atoms with Gasteiger partial charge in [-0.3, -0.25) is 4.79 Å². The zero-order valence-electron chi connectivity index (χ0n) is 17.9. The van der Waals surface area contributed by atoms with Crippen LogP contribution in [0.3, 0.4) is 0 Å². The smallest absolute Gasteiger partial charge is 0.302 e. The van der Waals surface area contributed by atoms with Gasteiger partial charge in [0.05, 0.1) is 13.2 Å². The summed E-state index contributed by atoms with van der Waals surface area (Å²) in [6.45, 7) is 1.58. The summed E-state index contributed by atoms with van der Waals surface area (Å²) in [5, 5.41) is 6.52. The van der Waals surface area contributed by atoms with Crippen molar-refractivity contribution in [2.75, 3.05) is 24.2 Å². The number of halogens is 3. The molecule has 0 fully saturated rings. The lowest BCUT2D eigenvalue weighted by molar-refractivity contribution is 0.0997. The van der Waals surface area contributed by atoms with Crippen LogP contribution in [0.5, 0.6) is 0 Å². The molecule has 0 bridgehead atoms. The van der Waals surface area contributed by atoms with E-state index in [4.69, 9.17) is 39.4 Å². The number of anilines is 2. The van der Waals surface area contributed by atoms with Crippen molar-refractivity contribution in [3.05, 3.63) is 79.1 Å². The van der Waals surface area contributed by atoms with Crippen molar-refractivity contribution >= 4 is 69.3 Å². The van der Waals surface area contributed by atoms with Gasteiger partial charge in [0.1, 0.15) is 0 Å². The number of rotatable bonds is 9. The molecule has 1 amide bonds. The molecule has 0 aliphatic heterocycles. The third kappa shape index (κ3) is 7.97. The topological polar surface area (TPSA) is 141 Å². The van der Waals surface area contributed by atoms with Crippen LogP contribution in [0.2, 0.25) is 10.2 Å². The third-order valence-corrected chi connectivity index (χ3v) is 5.65. The van der Waals surface area contributed by atoms with E-state index in [1.165, 1.54) is 0 Å². The van der Waals surface area contributed by atoms with Crippen molar-refractivity contribution in [2.24, 2.45) is 10.7 Å². The van der Waals surface area contributed by atoms with E-state index >= 15 is 0 Å². The molecule has 1 heterocycles. The fourth-order valence-electron chi connectivity index (χ4n) is 2.71. The first kappa shape index (κ1) is 25.9. The minimum atomic E-state index is -0.761. The maximum atomic E-state index is 12.4. The molecule has 0 aliphatic rings. The monoisotopic (exact) mass is 613 g/mol. The Balaban J connectivity index is 1.49. The molecule has 0 saturated heterocycles. The van der Waals surface area contributed by atoms with Crippen LogP contribution in [0.25, 0.3) is 0 Å². The van der Waals surface area contributed by atoms with Crippen molar-refractivity contribution in [3.63, 3.8) is 0 Å². The molecule has 1 aromatic heterocycles. The van der Waals surface area contributed by atoms with Crippen LogP contribution < -0.4 is 22.1 Å². The maximum absolute atomic E-state index is 12.4. The zero-order chi connectivity index (χ0) is 24.5. The number of benzene rings is 2. The number of guanidine groups is 1. The highest BCUT2D eigenvalue weighted by Gasteiger charge is 2.17. The van der Waals surface area contributed by atoms with Gasteiger partial charge in [-0.2, -0.15) is 4.99 Å². The van der Waals surface area contributed by atoms with Gasteiger partial charge >= 0.3 is 5.91 Å². The number of aliphatic imine (C=N–C) groups is 1. The summed E-state index contributed by atoms with van der Waals surface area (Å²) in [7, 11) is 0. The molecule has 3 aromatic rings. The molecule has 2 aromatic carbocycles. The van der Waals surface area contributed by atoms with Crippen molar-refractivity contribution < 1.29 is 9.53 Å². The normalized spacial score (nSPS) is 11.3. The van der Waals surface area contributed by atoms with E-state index in [1.54, 1.807) is 12.1 Å². The number of nitrogens with two attached hydrogens (primary N) is 2. The molecule has 0 spiro atoms. The molecular formula is C22H22Cl2IN7O2. The largest absolute Gasteiger partial charge is 0.382 e. The third-order valence-electron chi connectivity index (χ3n) is 4.41. The number of carbonyl (C=O) groups excluding carboxylic acids is 1. The quantitative estimate of drug-likeness (QED) is 0.123. The molecule has 0 radical (unpaired) electrons. The number of nitrogens with zero attached hydrogens (tertiary/aromatic N) is 3. The Hall–Kier alpha value is -2.67. The first-order chi connectivity index (χ1) is 16.3. The van der Waals surface area contributed by atoms with Gasteiger partial charge in [0.2, 0.25) is 0 Å². The van der Waals surface area contributed by atoms with Gasteiger partial charge in [-0.1, -0.05) is 47.5 Å². The lowest BCUT2D eigenvalue weighted by Crippen LogP contribution is -2.35. The highest BCUT2D eigenvalue weighted by molar-refractivity contribution is 14.1. The Kier molecular flexibility index (Phi) is 9.69. The predicted molar refractivity (Wildman–Crippen MR) is 143 cm³/mol. The Morgan fingerprint density at radius 1 is 1.06 bits per heavy atom. The second-order valence-corrected chi connectivity index (χ2v) is 9.02. The number of nitrogens with one attached hydrogen (secondary N) is 2. The first-order valence-electron chi connectivity index (χ1n) is 10.1. The van der Waals surface area contributed by atoms with E-state index in [2.05, 4.69) is 48.2 Å². The maximum Gasteiger partial charge on any atom is 0.302 e. The highest BCUT2D eigenvalue weighted by Crippen LogP contribution is 2.22. The lowest BCUT2D eigenvalue weighted by Gasteiger charge is -2.10. The van der Waals surface area contributed by atoms with Crippen LogP contribution in [0.4, 0.5) is 11.6 Å². The summed E-state index contributed by atoms with van der Waals surface area (Å²) in [5.41, 5.74) is 13.5. The number of carbonyl (C=O) groups is 1. The minimum absolute atomic E-state index is 0.000363. The van der Waals surface area contributed by atoms with E-state index in [9.17, 15) is 4.79 Å². The summed E-state index contributed by atoms with van der Waals surface area (Å²) in [6.07, 6.45) is 0. The van der Waals surface area contributed by atoms with Gasteiger partial charge in [-0.05, 0) is 58.0 Å². The lowest BCUT2D eigenvalue weighted by atomic mass is 10.2. The van der Waals surface area contributed by atoms with E-state index in [0.717, 1.165) is 14.7 Å². The Bertz CT molecular complexity index is 1160. The first-order valence-corrected chi connectivity index (χ1v) is 11.9. The number of nitrogen functional groups attached to an aromatic ring is 1. The van der Waals surface area contributed by atoms with E-state index in [1.807, 2.05) is 36.4 Å². The molecule has 0 atom stereocenters. The van der Waals surface area contributed by atoms with Crippen LogP contribution in [-0.4, -0.2) is 35.0 Å².